The Morgan fingerprint density at radius 3 is 2.47 bits per heavy atom. The van der Waals surface area contributed by atoms with Crippen LogP contribution < -0.4 is 19.5 Å². The standard InChI is InChI=1S/C32H37N6O6PS2/c1-3-15-36-21-30(39)37-27(16-22-9-12-25(13-10-22)44-47(42,43)33-2)31(40)35(19-24-11-14-26(45)17-28(24)46)20-29(37)38(36)32(41)34-18-23-7-5-4-6-8-23/h3-14,17,27,29,33,46H,1,15-16,18-21,45H2,2H3,(H,34,41)/t27-,29-/m0/s1. The molecule has 47 heavy (non-hydrogen) atoms. The molecule has 0 spiro atoms. The van der Waals surface area contributed by atoms with Gasteiger partial charge in [-0.1, -0.05) is 60.7 Å². The summed E-state index contributed by atoms with van der Waals surface area (Å²) >= 11 is 4.64. The van der Waals surface area contributed by atoms with Gasteiger partial charge in [-0.25, -0.2) is 14.8 Å². The average molecular weight is 697 g/mol. The molecule has 3 atom stereocenters. The highest BCUT2D eigenvalue weighted by Gasteiger charge is 2.51. The number of hydrazine groups is 1. The van der Waals surface area contributed by atoms with E-state index in [-0.39, 0.29) is 56.7 Å². The number of fused-ring (bicyclic) bond motifs is 1. The molecule has 0 saturated carbocycles. The number of benzene rings is 3. The lowest BCUT2D eigenvalue weighted by Crippen LogP contribution is -2.76. The first kappa shape index (κ1) is 34.4. The smallest absolute Gasteiger partial charge is 0.371 e. The van der Waals surface area contributed by atoms with Crippen molar-refractivity contribution < 1.29 is 27.0 Å². The number of carbonyl (C=O) groups excluding carboxylic acids is 3. The zero-order valence-corrected chi connectivity index (χ0v) is 28.6. The molecule has 2 heterocycles. The van der Waals surface area contributed by atoms with Crippen LogP contribution in [-0.4, -0.2) is 85.0 Å². The topological polar surface area (TPSA) is 132 Å². The lowest BCUT2D eigenvalue weighted by Gasteiger charge is -2.55. The Morgan fingerprint density at radius 1 is 1.09 bits per heavy atom. The monoisotopic (exact) mass is 696 g/mol. The number of amides is 4. The molecule has 248 valence electrons. The van der Waals surface area contributed by atoms with Crippen molar-refractivity contribution in [3.8, 4) is 5.75 Å². The van der Waals surface area contributed by atoms with Gasteiger partial charge in [-0.2, -0.15) is 13.1 Å². The van der Waals surface area contributed by atoms with E-state index in [0.29, 0.717) is 10.5 Å². The number of nitrogens with one attached hydrogen (secondary N) is 2. The SMILES string of the molecule is C=CCN1CC(=O)N2[C@@H](Cc3ccc(OS(=O)(=O)NC)cc3)C(=O)N(Cc3ccc(P)cc3S)C[C@@H]2N1C(=O)NCc1ccccc1. The molecule has 0 aliphatic carbocycles. The summed E-state index contributed by atoms with van der Waals surface area (Å²) in [6, 6.07) is 20.1. The van der Waals surface area contributed by atoms with Gasteiger partial charge in [0.1, 0.15) is 18.0 Å². The predicted octanol–water partition coefficient (Wildman–Crippen LogP) is 2.06. The second-order valence-corrected chi connectivity index (χ2v) is 13.8. The summed E-state index contributed by atoms with van der Waals surface area (Å²) in [5, 5.41) is 7.08. The van der Waals surface area contributed by atoms with Crippen molar-refractivity contribution in [2.75, 3.05) is 26.7 Å². The van der Waals surface area contributed by atoms with Crippen molar-refractivity contribution in [2.45, 2.75) is 36.6 Å². The fraction of sp³-hybridized carbons (Fsp3) is 0.281. The lowest BCUT2D eigenvalue weighted by molar-refractivity contribution is -0.189. The van der Waals surface area contributed by atoms with Gasteiger partial charge >= 0.3 is 16.3 Å². The highest BCUT2D eigenvalue weighted by molar-refractivity contribution is 7.85. The molecule has 0 radical (unpaired) electrons. The number of hydrogen-bond acceptors (Lipinski definition) is 8. The summed E-state index contributed by atoms with van der Waals surface area (Å²) < 4.78 is 30.8. The largest absolute Gasteiger partial charge is 0.382 e. The molecule has 15 heteroatoms. The predicted molar refractivity (Wildman–Crippen MR) is 184 cm³/mol. The van der Waals surface area contributed by atoms with Crippen LogP contribution in [0.5, 0.6) is 5.75 Å². The Balaban J connectivity index is 1.49. The Kier molecular flexibility index (Phi) is 10.9. The minimum atomic E-state index is -3.96. The molecule has 2 aliphatic rings. The molecule has 5 rings (SSSR count). The van der Waals surface area contributed by atoms with Gasteiger partial charge in [0, 0.05) is 38.0 Å². The number of urea groups is 1. The molecular formula is C32H37N6O6PS2. The third-order valence-corrected chi connectivity index (χ3v) is 9.63. The van der Waals surface area contributed by atoms with E-state index in [4.69, 9.17) is 4.18 Å². The summed E-state index contributed by atoms with van der Waals surface area (Å²) in [6.45, 7) is 4.49. The fourth-order valence-corrected chi connectivity index (χ4v) is 6.84. The maximum atomic E-state index is 14.2. The van der Waals surface area contributed by atoms with Crippen LogP contribution in [0.3, 0.4) is 0 Å². The van der Waals surface area contributed by atoms with E-state index in [1.54, 1.807) is 28.1 Å². The van der Waals surface area contributed by atoms with Gasteiger partial charge in [-0.3, -0.25) is 9.59 Å². The third kappa shape index (κ3) is 8.14. The van der Waals surface area contributed by atoms with Gasteiger partial charge in [0.05, 0.1) is 13.1 Å². The zero-order chi connectivity index (χ0) is 33.7. The minimum Gasteiger partial charge on any atom is -0.371 e. The molecule has 1 unspecified atom stereocenters. The second-order valence-electron chi connectivity index (χ2n) is 11.1. The quantitative estimate of drug-likeness (QED) is 0.159. The molecule has 0 bridgehead atoms. The molecule has 4 amide bonds. The van der Waals surface area contributed by atoms with Crippen molar-refractivity contribution in [2.24, 2.45) is 0 Å². The molecule has 3 aromatic rings. The highest BCUT2D eigenvalue weighted by atomic mass is 32.2. The first-order valence-corrected chi connectivity index (χ1v) is 17.3. The third-order valence-electron chi connectivity index (χ3n) is 7.94. The van der Waals surface area contributed by atoms with E-state index in [9.17, 15) is 22.8 Å². The van der Waals surface area contributed by atoms with Gasteiger partial charge < -0.3 is 19.3 Å². The molecule has 2 N–H and O–H groups in total. The fourth-order valence-electron chi connectivity index (χ4n) is 5.69. The van der Waals surface area contributed by atoms with E-state index in [1.165, 1.54) is 29.1 Å². The van der Waals surface area contributed by atoms with Crippen molar-refractivity contribution >= 4 is 55.3 Å². The lowest BCUT2D eigenvalue weighted by atomic mass is 9.98. The van der Waals surface area contributed by atoms with Gasteiger partial charge in [-0.15, -0.1) is 28.4 Å². The maximum absolute atomic E-state index is 14.2. The van der Waals surface area contributed by atoms with Crippen LogP contribution in [0.1, 0.15) is 16.7 Å². The normalized spacial score (nSPS) is 18.6. The number of thiol groups is 1. The Labute approximate surface area is 282 Å². The summed E-state index contributed by atoms with van der Waals surface area (Å²) in [4.78, 5) is 45.8. The van der Waals surface area contributed by atoms with Crippen LogP contribution in [0.25, 0.3) is 0 Å². The summed E-state index contributed by atoms with van der Waals surface area (Å²) in [5.74, 6) is -0.492. The summed E-state index contributed by atoms with van der Waals surface area (Å²) in [6.07, 6.45) is 0.928. The molecule has 2 aliphatic heterocycles. The first-order chi connectivity index (χ1) is 22.5. The van der Waals surface area contributed by atoms with Crippen LogP contribution in [0.15, 0.2) is 90.3 Å². The van der Waals surface area contributed by atoms with Crippen LogP contribution in [-0.2, 0) is 39.4 Å². The first-order valence-electron chi connectivity index (χ1n) is 14.9. The molecule has 12 nitrogen and oxygen atoms in total. The molecule has 0 aromatic heterocycles. The van der Waals surface area contributed by atoms with E-state index in [0.717, 1.165) is 16.4 Å². The summed E-state index contributed by atoms with van der Waals surface area (Å²) in [7, 11) is -0.0990. The number of hydrogen-bond donors (Lipinski definition) is 3. The van der Waals surface area contributed by atoms with Crippen molar-refractivity contribution in [3.63, 3.8) is 0 Å². The minimum absolute atomic E-state index is 0.0674. The van der Waals surface area contributed by atoms with E-state index < -0.39 is 28.5 Å². The number of carbonyl (C=O) groups is 3. The van der Waals surface area contributed by atoms with Gasteiger partial charge in [-0.05, 0) is 40.2 Å². The highest BCUT2D eigenvalue weighted by Crippen LogP contribution is 2.30. The van der Waals surface area contributed by atoms with Crippen molar-refractivity contribution in [1.29, 1.82) is 0 Å². The zero-order valence-electron chi connectivity index (χ0n) is 25.8. The number of rotatable bonds is 11. The average Bonchev–Trinajstić information content (AvgIpc) is 3.04. The molecule has 3 aromatic carbocycles. The Morgan fingerprint density at radius 2 is 1.81 bits per heavy atom. The van der Waals surface area contributed by atoms with Gasteiger partial charge in [0.25, 0.3) is 0 Å². The van der Waals surface area contributed by atoms with Crippen LogP contribution in [0.4, 0.5) is 4.79 Å². The van der Waals surface area contributed by atoms with Crippen LogP contribution in [0.2, 0.25) is 0 Å². The number of nitrogens with zero attached hydrogens (tertiary/aromatic N) is 4. The van der Waals surface area contributed by atoms with E-state index in [2.05, 4.69) is 38.5 Å². The summed E-state index contributed by atoms with van der Waals surface area (Å²) in [5.41, 5.74) is 2.40. The van der Waals surface area contributed by atoms with Gasteiger partial charge in [0.2, 0.25) is 11.8 Å². The van der Waals surface area contributed by atoms with Crippen molar-refractivity contribution in [3.05, 3.63) is 102 Å². The van der Waals surface area contributed by atoms with Crippen LogP contribution >= 0.6 is 21.9 Å². The Bertz CT molecular complexity index is 1740. The van der Waals surface area contributed by atoms with E-state index in [1.807, 2.05) is 48.5 Å². The molecule has 2 saturated heterocycles. The van der Waals surface area contributed by atoms with Gasteiger partial charge in [0.15, 0.2) is 0 Å². The Hall–Kier alpha value is -3.94. The van der Waals surface area contributed by atoms with Crippen LogP contribution in [0, 0.1) is 0 Å². The number of piperazine rings is 1. The second kappa shape index (κ2) is 14.9. The maximum Gasteiger partial charge on any atom is 0.382 e. The van der Waals surface area contributed by atoms with Crippen molar-refractivity contribution in [1.82, 2.24) is 29.9 Å². The molecule has 2 fully saturated rings. The molecular weight excluding hydrogens is 659 g/mol. The van der Waals surface area contributed by atoms with E-state index >= 15 is 0 Å².